The zero-order valence-electron chi connectivity index (χ0n) is 6.23. The van der Waals surface area contributed by atoms with Gasteiger partial charge in [0.2, 0.25) is 0 Å². The molecule has 3 nitrogen and oxygen atoms in total. The number of nitrogens with zero attached hydrogens (tertiary/aromatic N) is 2. The molecule has 0 unspecified atom stereocenters. The zero-order valence-corrected chi connectivity index (χ0v) is 6.23. The van der Waals surface area contributed by atoms with Gasteiger partial charge in [0.25, 0.3) is 5.60 Å². The molecule has 0 aromatic heterocycles. The molecule has 0 saturated carbocycles. The average Bonchev–Trinajstić information content (AvgIpc) is 2.18. The van der Waals surface area contributed by atoms with Crippen LogP contribution in [0, 0.1) is 22.7 Å². The molecule has 0 saturated heterocycles. The van der Waals surface area contributed by atoms with Gasteiger partial charge in [-0.05, 0) is 0 Å². The van der Waals surface area contributed by atoms with Crippen molar-refractivity contribution in [2.75, 3.05) is 0 Å². The Morgan fingerprint density at radius 2 is 1.58 bits per heavy atom. The highest BCUT2D eigenvalue weighted by Gasteiger charge is 2.28. The Morgan fingerprint density at radius 3 is 2.00 bits per heavy atom. The van der Waals surface area contributed by atoms with E-state index in [1.165, 1.54) is 24.3 Å². The van der Waals surface area contributed by atoms with Crippen LogP contribution in [-0.2, 0) is 5.60 Å². The molecule has 0 radical (unpaired) electrons. The van der Waals surface area contributed by atoms with Crippen molar-refractivity contribution in [2.45, 2.75) is 5.60 Å². The van der Waals surface area contributed by atoms with Crippen LogP contribution in [0.1, 0.15) is 5.56 Å². The topological polar surface area (TPSA) is 67.8 Å². The summed E-state index contributed by atoms with van der Waals surface area (Å²) < 4.78 is 0. The van der Waals surface area contributed by atoms with E-state index in [2.05, 4.69) is 0 Å². The fourth-order valence-electron chi connectivity index (χ4n) is 0.833. The van der Waals surface area contributed by atoms with Crippen LogP contribution in [0.3, 0.4) is 0 Å². The number of nitriles is 2. The van der Waals surface area contributed by atoms with E-state index in [1.54, 1.807) is 18.2 Å². The lowest BCUT2D eigenvalue weighted by molar-refractivity contribution is 0.159. The van der Waals surface area contributed by atoms with Crippen molar-refractivity contribution in [3.05, 3.63) is 35.9 Å². The molecule has 1 aromatic carbocycles. The van der Waals surface area contributed by atoms with E-state index in [0.717, 1.165) is 0 Å². The third-order valence-corrected chi connectivity index (χ3v) is 1.52. The van der Waals surface area contributed by atoms with E-state index in [-0.39, 0.29) is 0 Å². The van der Waals surface area contributed by atoms with Gasteiger partial charge in [-0.25, -0.2) is 0 Å². The van der Waals surface area contributed by atoms with Crippen LogP contribution in [0.2, 0.25) is 0 Å². The van der Waals surface area contributed by atoms with E-state index in [9.17, 15) is 5.11 Å². The molecule has 0 aliphatic heterocycles. The summed E-state index contributed by atoms with van der Waals surface area (Å²) in [6.07, 6.45) is 0. The third kappa shape index (κ3) is 1.27. The number of benzene rings is 1. The molecule has 1 aromatic rings. The Morgan fingerprint density at radius 1 is 1.08 bits per heavy atom. The number of hydrogen-bond acceptors (Lipinski definition) is 3. The smallest absolute Gasteiger partial charge is 0.264 e. The summed E-state index contributed by atoms with van der Waals surface area (Å²) in [7, 11) is 0. The quantitative estimate of drug-likeness (QED) is 0.618. The van der Waals surface area contributed by atoms with Crippen LogP contribution >= 0.6 is 0 Å². The van der Waals surface area contributed by atoms with Crippen molar-refractivity contribution in [1.29, 1.82) is 10.5 Å². The van der Waals surface area contributed by atoms with E-state index in [4.69, 9.17) is 10.5 Å². The van der Waals surface area contributed by atoms with Crippen molar-refractivity contribution in [3.8, 4) is 12.1 Å². The molecule has 0 spiro atoms. The first-order chi connectivity index (χ1) is 5.73. The number of hydrogen-bond donors (Lipinski definition) is 1. The summed E-state index contributed by atoms with van der Waals surface area (Å²) in [4.78, 5) is 0. The lowest BCUT2D eigenvalue weighted by atomic mass is 9.98. The molecule has 0 aliphatic carbocycles. The second kappa shape index (κ2) is 3.04. The van der Waals surface area contributed by atoms with Crippen LogP contribution < -0.4 is 0 Å². The first kappa shape index (κ1) is 8.26. The van der Waals surface area contributed by atoms with E-state index >= 15 is 0 Å². The largest absolute Gasteiger partial charge is 0.360 e. The molecular formula is C9H6N2O. The summed E-state index contributed by atoms with van der Waals surface area (Å²) >= 11 is 0. The summed E-state index contributed by atoms with van der Waals surface area (Å²) in [6.45, 7) is 0. The number of rotatable bonds is 1. The minimum absolute atomic E-state index is 0.301. The van der Waals surface area contributed by atoms with E-state index in [0.29, 0.717) is 5.56 Å². The molecule has 58 valence electrons. The summed E-state index contributed by atoms with van der Waals surface area (Å²) in [6, 6.07) is 11.2. The van der Waals surface area contributed by atoms with Crippen molar-refractivity contribution in [2.24, 2.45) is 0 Å². The fourth-order valence-corrected chi connectivity index (χ4v) is 0.833. The van der Waals surface area contributed by atoms with Crippen molar-refractivity contribution < 1.29 is 5.11 Å². The molecule has 0 fully saturated rings. The van der Waals surface area contributed by atoms with Crippen molar-refractivity contribution in [1.82, 2.24) is 0 Å². The van der Waals surface area contributed by atoms with Crippen LogP contribution in [-0.4, -0.2) is 5.11 Å². The minimum atomic E-state index is -2.01. The minimum Gasteiger partial charge on any atom is -0.360 e. The molecule has 0 amide bonds. The lowest BCUT2D eigenvalue weighted by Gasteiger charge is -2.09. The standard InChI is InChI=1S/C9H6N2O/c10-6-9(12,7-11)8-4-2-1-3-5-8/h1-5,12H. The zero-order chi connectivity index (χ0) is 9.03. The van der Waals surface area contributed by atoms with Crippen molar-refractivity contribution in [3.63, 3.8) is 0 Å². The fraction of sp³-hybridized carbons (Fsp3) is 0.111. The molecule has 0 bridgehead atoms. The Balaban J connectivity index is 3.17. The molecule has 3 heteroatoms. The SMILES string of the molecule is N#CC(O)(C#N)c1ccccc1. The summed E-state index contributed by atoms with van der Waals surface area (Å²) in [5.74, 6) is 0. The highest BCUT2D eigenvalue weighted by atomic mass is 16.3. The summed E-state index contributed by atoms with van der Waals surface area (Å²) in [5.41, 5.74) is -1.71. The first-order valence-electron chi connectivity index (χ1n) is 3.33. The van der Waals surface area contributed by atoms with E-state index < -0.39 is 5.60 Å². The maximum atomic E-state index is 9.38. The third-order valence-electron chi connectivity index (χ3n) is 1.52. The first-order valence-corrected chi connectivity index (χ1v) is 3.33. The lowest BCUT2D eigenvalue weighted by Crippen LogP contribution is -2.20. The van der Waals surface area contributed by atoms with E-state index in [1.807, 2.05) is 0 Å². The Hall–Kier alpha value is -1.84. The molecule has 1 N–H and O–H groups in total. The predicted octanol–water partition coefficient (Wildman–Crippen LogP) is 0.921. The van der Waals surface area contributed by atoms with Crippen molar-refractivity contribution >= 4 is 0 Å². The second-order valence-electron chi connectivity index (χ2n) is 2.30. The second-order valence-corrected chi connectivity index (χ2v) is 2.30. The van der Waals surface area contributed by atoms with Crippen LogP contribution in [0.15, 0.2) is 30.3 Å². The van der Waals surface area contributed by atoms with Gasteiger partial charge in [0.15, 0.2) is 0 Å². The van der Waals surface area contributed by atoms with Crippen LogP contribution in [0.4, 0.5) is 0 Å². The van der Waals surface area contributed by atoms with Gasteiger partial charge in [0, 0.05) is 5.56 Å². The maximum absolute atomic E-state index is 9.38. The normalized spacial score (nSPS) is 9.92. The average molecular weight is 158 g/mol. The molecule has 0 atom stereocenters. The monoisotopic (exact) mass is 158 g/mol. The maximum Gasteiger partial charge on any atom is 0.264 e. The Bertz CT molecular complexity index is 331. The van der Waals surface area contributed by atoms with Crippen LogP contribution in [0.25, 0.3) is 0 Å². The van der Waals surface area contributed by atoms with Gasteiger partial charge in [-0.15, -0.1) is 0 Å². The van der Waals surface area contributed by atoms with Gasteiger partial charge in [-0.3, -0.25) is 0 Å². The van der Waals surface area contributed by atoms with Gasteiger partial charge in [0.1, 0.15) is 12.1 Å². The predicted molar refractivity (Wildman–Crippen MR) is 41.6 cm³/mol. The van der Waals surface area contributed by atoms with Gasteiger partial charge in [0.05, 0.1) is 0 Å². The Labute approximate surface area is 70.1 Å². The van der Waals surface area contributed by atoms with Gasteiger partial charge in [-0.1, -0.05) is 30.3 Å². The van der Waals surface area contributed by atoms with Gasteiger partial charge >= 0.3 is 0 Å². The molecular weight excluding hydrogens is 152 g/mol. The molecule has 12 heavy (non-hydrogen) atoms. The Kier molecular flexibility index (Phi) is 2.09. The van der Waals surface area contributed by atoms with Gasteiger partial charge < -0.3 is 5.11 Å². The molecule has 0 heterocycles. The molecule has 1 rings (SSSR count). The van der Waals surface area contributed by atoms with Crippen LogP contribution in [0.5, 0.6) is 0 Å². The highest BCUT2D eigenvalue weighted by Crippen LogP contribution is 2.18. The summed E-state index contributed by atoms with van der Waals surface area (Å²) in [5, 5.41) is 26.4. The molecule has 0 aliphatic rings. The highest BCUT2D eigenvalue weighted by molar-refractivity contribution is 5.35. The van der Waals surface area contributed by atoms with Gasteiger partial charge in [-0.2, -0.15) is 10.5 Å². The number of aliphatic hydroxyl groups is 1.